The molecule has 1 amide bonds. The van der Waals surface area contributed by atoms with Gasteiger partial charge in [0.05, 0.1) is 6.04 Å². The van der Waals surface area contributed by atoms with E-state index in [4.69, 9.17) is 11.6 Å². The van der Waals surface area contributed by atoms with Crippen molar-refractivity contribution >= 4 is 29.9 Å². The number of benzene rings is 1. The van der Waals surface area contributed by atoms with Gasteiger partial charge < -0.3 is 10.2 Å². The van der Waals surface area contributed by atoms with E-state index in [-0.39, 0.29) is 18.3 Å². The molecule has 25 heavy (non-hydrogen) atoms. The summed E-state index contributed by atoms with van der Waals surface area (Å²) in [6, 6.07) is 8.12. The standard InChI is InChI=1S/C18H21ClN4O.ClH/c19-15-4-3-13-5-8-22(12-14(13)10-15)18(24)17-6-9-23(21-17)16-2-1-7-20-11-16;/h3-4,6,9-10,16,20H,1-2,5,7-8,11-12H2;1H. The van der Waals surface area contributed by atoms with Gasteiger partial charge in [-0.3, -0.25) is 9.48 Å². The predicted octanol–water partition coefficient (Wildman–Crippen LogP) is 3.08. The van der Waals surface area contributed by atoms with Gasteiger partial charge in [0.15, 0.2) is 0 Å². The number of nitrogens with zero attached hydrogens (tertiary/aromatic N) is 3. The lowest BCUT2D eigenvalue weighted by Crippen LogP contribution is -2.36. The molecule has 134 valence electrons. The average molecular weight is 381 g/mol. The minimum absolute atomic E-state index is 0. The number of amides is 1. The maximum absolute atomic E-state index is 12.8. The monoisotopic (exact) mass is 380 g/mol. The normalized spacial score (nSPS) is 19.9. The van der Waals surface area contributed by atoms with E-state index in [0.29, 0.717) is 18.3 Å². The first kappa shape index (κ1) is 18.2. The number of aromatic nitrogens is 2. The van der Waals surface area contributed by atoms with Crippen molar-refractivity contribution in [1.82, 2.24) is 20.0 Å². The second kappa shape index (κ2) is 7.77. The van der Waals surface area contributed by atoms with Crippen molar-refractivity contribution in [2.45, 2.75) is 31.8 Å². The van der Waals surface area contributed by atoms with Crippen molar-refractivity contribution in [3.05, 3.63) is 52.3 Å². The lowest BCUT2D eigenvalue weighted by molar-refractivity contribution is 0.0727. The Bertz CT molecular complexity index is 755. The van der Waals surface area contributed by atoms with Crippen LogP contribution in [0.4, 0.5) is 0 Å². The van der Waals surface area contributed by atoms with E-state index >= 15 is 0 Å². The van der Waals surface area contributed by atoms with Crippen molar-refractivity contribution in [3.8, 4) is 0 Å². The Morgan fingerprint density at radius 3 is 2.96 bits per heavy atom. The molecule has 4 rings (SSSR count). The lowest BCUT2D eigenvalue weighted by Gasteiger charge is -2.28. The van der Waals surface area contributed by atoms with E-state index in [9.17, 15) is 4.79 Å². The molecule has 1 N–H and O–H groups in total. The molecule has 0 spiro atoms. The van der Waals surface area contributed by atoms with Gasteiger partial charge in [-0.25, -0.2) is 0 Å². The Labute approximate surface area is 158 Å². The Balaban J connectivity index is 0.00000182. The highest BCUT2D eigenvalue weighted by atomic mass is 35.5. The van der Waals surface area contributed by atoms with Crippen LogP contribution in [0.1, 0.15) is 40.5 Å². The second-order valence-electron chi connectivity index (χ2n) is 6.57. The van der Waals surface area contributed by atoms with Crippen LogP contribution in [0.5, 0.6) is 0 Å². The van der Waals surface area contributed by atoms with Crippen molar-refractivity contribution in [1.29, 1.82) is 0 Å². The molecule has 2 aliphatic heterocycles. The third-order valence-electron chi connectivity index (χ3n) is 4.94. The highest BCUT2D eigenvalue weighted by Gasteiger charge is 2.24. The molecule has 2 aromatic rings. The van der Waals surface area contributed by atoms with E-state index in [1.165, 1.54) is 5.56 Å². The largest absolute Gasteiger partial charge is 0.333 e. The molecule has 1 atom stereocenters. The average Bonchev–Trinajstić information content (AvgIpc) is 3.11. The Kier molecular flexibility index (Phi) is 5.67. The molecule has 1 fully saturated rings. The summed E-state index contributed by atoms with van der Waals surface area (Å²) < 4.78 is 1.94. The van der Waals surface area contributed by atoms with Gasteiger partial charge in [-0.1, -0.05) is 17.7 Å². The predicted molar refractivity (Wildman–Crippen MR) is 101 cm³/mol. The molecular weight excluding hydrogens is 359 g/mol. The van der Waals surface area contributed by atoms with E-state index in [1.807, 2.05) is 34.0 Å². The zero-order valence-electron chi connectivity index (χ0n) is 13.9. The van der Waals surface area contributed by atoms with Gasteiger partial charge in [-0.2, -0.15) is 5.10 Å². The third-order valence-corrected chi connectivity index (χ3v) is 5.18. The first-order valence-corrected chi connectivity index (χ1v) is 8.91. The van der Waals surface area contributed by atoms with Crippen molar-refractivity contribution in [2.24, 2.45) is 0 Å². The summed E-state index contributed by atoms with van der Waals surface area (Å²) >= 11 is 6.09. The van der Waals surface area contributed by atoms with Gasteiger partial charge in [0.25, 0.3) is 5.91 Å². The fraction of sp³-hybridized carbons (Fsp3) is 0.444. The molecule has 3 heterocycles. The number of carbonyl (C=O) groups is 1. The summed E-state index contributed by atoms with van der Waals surface area (Å²) in [6.45, 7) is 3.32. The van der Waals surface area contributed by atoms with Gasteiger partial charge in [0.1, 0.15) is 5.69 Å². The molecule has 0 aliphatic carbocycles. The van der Waals surface area contributed by atoms with Crippen LogP contribution in [0.2, 0.25) is 5.02 Å². The smallest absolute Gasteiger partial charge is 0.274 e. The number of carbonyl (C=O) groups excluding carboxylic acids is 1. The minimum atomic E-state index is 0. The number of fused-ring (bicyclic) bond motifs is 1. The third kappa shape index (κ3) is 3.84. The molecule has 7 heteroatoms. The van der Waals surface area contributed by atoms with Gasteiger partial charge >= 0.3 is 0 Å². The Morgan fingerprint density at radius 2 is 2.16 bits per heavy atom. The summed E-state index contributed by atoms with van der Waals surface area (Å²) in [7, 11) is 0. The summed E-state index contributed by atoms with van der Waals surface area (Å²) in [5.41, 5.74) is 2.95. The van der Waals surface area contributed by atoms with Crippen LogP contribution in [0.15, 0.2) is 30.5 Å². The molecular formula is C18H22Cl2N4O. The van der Waals surface area contributed by atoms with E-state index in [1.54, 1.807) is 0 Å². The Hall–Kier alpha value is -1.56. The number of hydrogen-bond acceptors (Lipinski definition) is 3. The van der Waals surface area contributed by atoms with Gasteiger partial charge in [0.2, 0.25) is 0 Å². The summed E-state index contributed by atoms with van der Waals surface area (Å²) in [5.74, 6) is 0.00291. The maximum Gasteiger partial charge on any atom is 0.274 e. The molecule has 2 aliphatic rings. The first-order chi connectivity index (χ1) is 11.7. The fourth-order valence-corrected chi connectivity index (χ4v) is 3.77. The SMILES string of the molecule is Cl.O=C(c1ccn(C2CCCNC2)n1)N1CCc2ccc(Cl)cc2C1. The highest BCUT2D eigenvalue weighted by molar-refractivity contribution is 6.30. The van der Waals surface area contributed by atoms with Crippen LogP contribution in [0.3, 0.4) is 0 Å². The molecule has 1 aromatic heterocycles. The van der Waals surface area contributed by atoms with Crippen LogP contribution in [-0.2, 0) is 13.0 Å². The van der Waals surface area contributed by atoms with E-state index < -0.39 is 0 Å². The number of piperidine rings is 1. The molecule has 0 bridgehead atoms. The quantitative estimate of drug-likeness (QED) is 0.870. The zero-order valence-corrected chi connectivity index (χ0v) is 15.5. The first-order valence-electron chi connectivity index (χ1n) is 8.53. The van der Waals surface area contributed by atoms with Crippen molar-refractivity contribution in [3.63, 3.8) is 0 Å². The maximum atomic E-state index is 12.8. The fourth-order valence-electron chi connectivity index (χ4n) is 3.58. The van der Waals surface area contributed by atoms with Crippen LogP contribution in [0, 0.1) is 0 Å². The number of nitrogens with one attached hydrogen (secondary N) is 1. The lowest BCUT2D eigenvalue weighted by atomic mass is 10.00. The van der Waals surface area contributed by atoms with Gasteiger partial charge in [0, 0.05) is 30.9 Å². The van der Waals surface area contributed by atoms with E-state index in [0.717, 1.165) is 49.5 Å². The molecule has 0 saturated carbocycles. The zero-order chi connectivity index (χ0) is 16.5. The second-order valence-corrected chi connectivity index (χ2v) is 7.01. The van der Waals surface area contributed by atoms with Crippen LogP contribution in [-0.4, -0.2) is 40.2 Å². The molecule has 1 aromatic carbocycles. The molecule has 5 nitrogen and oxygen atoms in total. The number of rotatable bonds is 2. The van der Waals surface area contributed by atoms with Crippen LogP contribution in [0.25, 0.3) is 0 Å². The summed E-state index contributed by atoms with van der Waals surface area (Å²) in [5, 5.41) is 8.64. The molecule has 1 saturated heterocycles. The minimum Gasteiger partial charge on any atom is -0.333 e. The highest BCUT2D eigenvalue weighted by Crippen LogP contribution is 2.24. The summed E-state index contributed by atoms with van der Waals surface area (Å²) in [4.78, 5) is 14.7. The van der Waals surface area contributed by atoms with Crippen molar-refractivity contribution in [2.75, 3.05) is 19.6 Å². The van der Waals surface area contributed by atoms with Crippen molar-refractivity contribution < 1.29 is 4.79 Å². The molecule has 0 radical (unpaired) electrons. The van der Waals surface area contributed by atoms with E-state index in [2.05, 4.69) is 16.5 Å². The number of halogens is 2. The topological polar surface area (TPSA) is 50.2 Å². The summed E-state index contributed by atoms with van der Waals surface area (Å²) in [6.07, 6.45) is 5.06. The number of hydrogen-bond donors (Lipinski definition) is 1. The van der Waals surface area contributed by atoms with Crippen LogP contribution < -0.4 is 5.32 Å². The molecule has 1 unspecified atom stereocenters. The van der Waals surface area contributed by atoms with Gasteiger partial charge in [-0.05, 0) is 55.1 Å². The van der Waals surface area contributed by atoms with Gasteiger partial charge in [-0.15, -0.1) is 12.4 Å². The van der Waals surface area contributed by atoms with Crippen LogP contribution >= 0.6 is 24.0 Å². The Morgan fingerprint density at radius 1 is 1.28 bits per heavy atom.